The molecule has 0 saturated heterocycles. The molecule has 0 aliphatic rings. The molecule has 1 amide bonds. The Bertz CT molecular complexity index is 1460. The molecule has 4 rings (SSSR count). The van der Waals surface area contributed by atoms with Gasteiger partial charge in [0, 0.05) is 5.56 Å². The van der Waals surface area contributed by atoms with Crippen molar-refractivity contribution in [2.24, 2.45) is 5.10 Å². The van der Waals surface area contributed by atoms with Crippen LogP contribution in [0.4, 0.5) is 5.69 Å². The van der Waals surface area contributed by atoms with Crippen LogP contribution in [0.1, 0.15) is 16.7 Å². The fraction of sp³-hybridized carbons (Fsp3) is 0.111. The third-order valence-electron chi connectivity index (χ3n) is 5.47. The summed E-state index contributed by atoms with van der Waals surface area (Å²) in [4.78, 5) is 12.9. The second kappa shape index (κ2) is 9.89. The highest BCUT2D eigenvalue weighted by molar-refractivity contribution is 7.92. The summed E-state index contributed by atoms with van der Waals surface area (Å²) in [7, 11) is -3.97. The largest absolute Gasteiger partial charge is 0.271 e. The highest BCUT2D eigenvalue weighted by Gasteiger charge is 2.28. The van der Waals surface area contributed by atoms with Gasteiger partial charge in [-0.25, -0.2) is 13.8 Å². The molecule has 0 heterocycles. The molecular formula is C27H25N3O3S. The first-order valence-electron chi connectivity index (χ1n) is 10.8. The average molecular weight is 472 g/mol. The lowest BCUT2D eigenvalue weighted by molar-refractivity contribution is -0.119. The highest BCUT2D eigenvalue weighted by atomic mass is 32.2. The number of sulfonamides is 1. The number of hydrazone groups is 1. The number of carbonyl (C=O) groups is 1. The number of fused-ring (bicyclic) bond motifs is 1. The van der Waals surface area contributed by atoms with Crippen LogP contribution in [0.5, 0.6) is 0 Å². The summed E-state index contributed by atoms with van der Waals surface area (Å²) in [5.41, 5.74) is 5.42. The molecule has 34 heavy (non-hydrogen) atoms. The van der Waals surface area contributed by atoms with Crippen molar-refractivity contribution in [2.45, 2.75) is 18.7 Å². The molecule has 0 saturated carbocycles. The topological polar surface area (TPSA) is 78.8 Å². The van der Waals surface area contributed by atoms with E-state index in [0.717, 1.165) is 31.8 Å². The molecule has 0 radical (unpaired) electrons. The monoisotopic (exact) mass is 471 g/mol. The number of hydrogen-bond acceptors (Lipinski definition) is 4. The Hall–Kier alpha value is -3.97. The Balaban J connectivity index is 1.61. The van der Waals surface area contributed by atoms with Gasteiger partial charge in [-0.1, -0.05) is 72.8 Å². The minimum Gasteiger partial charge on any atom is -0.271 e. The molecule has 0 atom stereocenters. The van der Waals surface area contributed by atoms with E-state index >= 15 is 0 Å². The molecular weight excluding hydrogens is 446 g/mol. The number of hydrogen-bond donors (Lipinski definition) is 1. The number of carbonyl (C=O) groups excluding carboxylic acids is 1. The van der Waals surface area contributed by atoms with Gasteiger partial charge in [-0.15, -0.1) is 0 Å². The average Bonchev–Trinajstić information content (AvgIpc) is 2.85. The van der Waals surface area contributed by atoms with Crippen molar-refractivity contribution in [3.05, 3.63) is 108 Å². The van der Waals surface area contributed by atoms with Crippen molar-refractivity contribution in [1.29, 1.82) is 0 Å². The molecule has 6 nitrogen and oxygen atoms in total. The predicted octanol–water partition coefficient (Wildman–Crippen LogP) is 4.80. The molecule has 172 valence electrons. The van der Waals surface area contributed by atoms with E-state index in [1.54, 1.807) is 30.5 Å². The molecule has 4 aromatic carbocycles. The normalized spacial score (nSPS) is 11.6. The lowest BCUT2D eigenvalue weighted by atomic mass is 10.1. The molecule has 0 unspecified atom stereocenters. The SMILES string of the molecule is Cc1ccc(C)c(N(CC(=O)N/N=C\c2cccc3ccccc23)S(=O)(=O)c2ccccc2)c1. The van der Waals surface area contributed by atoms with Gasteiger partial charge >= 0.3 is 0 Å². The van der Waals surface area contributed by atoms with Crippen LogP contribution in [0, 0.1) is 13.8 Å². The van der Waals surface area contributed by atoms with Crippen molar-refractivity contribution in [2.75, 3.05) is 10.8 Å². The summed E-state index contributed by atoms with van der Waals surface area (Å²) in [6, 6.07) is 27.3. The maximum Gasteiger partial charge on any atom is 0.264 e. The molecule has 7 heteroatoms. The van der Waals surface area contributed by atoms with Gasteiger partial charge in [-0.05, 0) is 53.9 Å². The summed E-state index contributed by atoms with van der Waals surface area (Å²) < 4.78 is 28.1. The second-order valence-corrected chi connectivity index (χ2v) is 9.84. The molecule has 0 bridgehead atoms. The van der Waals surface area contributed by atoms with Gasteiger partial charge in [-0.3, -0.25) is 9.10 Å². The molecule has 0 fully saturated rings. The Morgan fingerprint density at radius 3 is 2.41 bits per heavy atom. The Kier molecular flexibility index (Phi) is 6.75. The minimum atomic E-state index is -3.97. The van der Waals surface area contributed by atoms with Crippen molar-refractivity contribution < 1.29 is 13.2 Å². The standard InChI is InChI=1S/C27H25N3O3S/c1-20-15-16-21(2)26(17-20)30(34(32,33)24-12-4-3-5-13-24)19-27(31)29-28-18-23-11-8-10-22-9-6-7-14-25(22)23/h3-18H,19H2,1-2H3,(H,29,31)/b28-18-. The molecule has 4 aromatic rings. The number of aryl methyl sites for hydroxylation is 2. The molecule has 1 N–H and O–H groups in total. The predicted molar refractivity (Wildman–Crippen MR) is 137 cm³/mol. The van der Waals surface area contributed by atoms with Crippen molar-refractivity contribution in [1.82, 2.24) is 5.43 Å². The number of amides is 1. The van der Waals surface area contributed by atoms with E-state index in [2.05, 4.69) is 10.5 Å². The smallest absolute Gasteiger partial charge is 0.264 e. The molecule has 0 aliphatic heterocycles. The van der Waals surface area contributed by atoms with Crippen molar-refractivity contribution in [3.8, 4) is 0 Å². The van der Waals surface area contributed by atoms with Gasteiger partial charge in [0.1, 0.15) is 6.54 Å². The van der Waals surface area contributed by atoms with Crippen LogP contribution in [0.2, 0.25) is 0 Å². The fourth-order valence-corrected chi connectivity index (χ4v) is 5.21. The third kappa shape index (κ3) is 5.00. The van der Waals surface area contributed by atoms with Crippen LogP contribution in [-0.2, 0) is 14.8 Å². The number of anilines is 1. The summed E-state index contributed by atoms with van der Waals surface area (Å²) in [6.45, 7) is 3.29. The minimum absolute atomic E-state index is 0.114. The van der Waals surface area contributed by atoms with E-state index in [-0.39, 0.29) is 4.90 Å². The van der Waals surface area contributed by atoms with Gasteiger partial charge in [0.05, 0.1) is 16.8 Å². The van der Waals surface area contributed by atoms with E-state index in [1.807, 2.05) is 68.4 Å². The Morgan fingerprint density at radius 2 is 1.62 bits per heavy atom. The number of rotatable bonds is 7. The second-order valence-electron chi connectivity index (χ2n) is 7.98. The maximum absolute atomic E-state index is 13.5. The summed E-state index contributed by atoms with van der Waals surface area (Å²) >= 11 is 0. The van der Waals surface area contributed by atoms with E-state index in [9.17, 15) is 13.2 Å². The Labute approximate surface area is 199 Å². The van der Waals surface area contributed by atoms with Gasteiger partial charge < -0.3 is 0 Å². The quantitative estimate of drug-likeness (QED) is 0.311. The first-order valence-corrected chi connectivity index (χ1v) is 12.2. The first-order chi connectivity index (χ1) is 16.4. The lowest BCUT2D eigenvalue weighted by Gasteiger charge is -2.25. The number of nitrogens with one attached hydrogen (secondary N) is 1. The maximum atomic E-state index is 13.5. The number of benzene rings is 4. The van der Waals surface area contributed by atoms with E-state index in [1.165, 1.54) is 12.1 Å². The van der Waals surface area contributed by atoms with Crippen LogP contribution in [0.3, 0.4) is 0 Å². The van der Waals surface area contributed by atoms with E-state index in [4.69, 9.17) is 0 Å². The molecule has 0 aliphatic carbocycles. The summed E-state index contributed by atoms with van der Waals surface area (Å²) in [5.74, 6) is -0.545. The van der Waals surface area contributed by atoms with Crippen molar-refractivity contribution >= 4 is 38.6 Å². The molecule has 0 spiro atoms. The molecule has 0 aromatic heterocycles. The summed E-state index contributed by atoms with van der Waals surface area (Å²) in [5, 5.41) is 6.16. The van der Waals surface area contributed by atoms with Crippen LogP contribution < -0.4 is 9.73 Å². The van der Waals surface area contributed by atoms with E-state index in [0.29, 0.717) is 5.69 Å². The van der Waals surface area contributed by atoms with Gasteiger partial charge in [0.25, 0.3) is 15.9 Å². The zero-order valence-electron chi connectivity index (χ0n) is 19.0. The van der Waals surface area contributed by atoms with Gasteiger partial charge in [0.2, 0.25) is 0 Å². The Morgan fingerprint density at radius 1 is 0.912 bits per heavy atom. The van der Waals surface area contributed by atoms with Gasteiger partial charge in [0.15, 0.2) is 0 Å². The first kappa shape index (κ1) is 23.2. The van der Waals surface area contributed by atoms with Crippen LogP contribution in [0.15, 0.2) is 101 Å². The van der Waals surface area contributed by atoms with Crippen LogP contribution >= 0.6 is 0 Å². The van der Waals surface area contributed by atoms with Crippen LogP contribution in [-0.4, -0.2) is 27.1 Å². The van der Waals surface area contributed by atoms with E-state index < -0.39 is 22.5 Å². The van der Waals surface area contributed by atoms with Crippen LogP contribution in [0.25, 0.3) is 10.8 Å². The highest BCUT2D eigenvalue weighted by Crippen LogP contribution is 2.27. The zero-order chi connectivity index (χ0) is 24.1. The third-order valence-corrected chi connectivity index (χ3v) is 7.24. The lowest BCUT2D eigenvalue weighted by Crippen LogP contribution is -2.40. The fourth-order valence-electron chi connectivity index (χ4n) is 3.71. The number of nitrogens with zero attached hydrogens (tertiary/aromatic N) is 2. The van der Waals surface area contributed by atoms with Gasteiger partial charge in [-0.2, -0.15) is 5.10 Å². The zero-order valence-corrected chi connectivity index (χ0v) is 19.8. The van der Waals surface area contributed by atoms with Crippen molar-refractivity contribution in [3.63, 3.8) is 0 Å². The summed E-state index contributed by atoms with van der Waals surface area (Å²) in [6.07, 6.45) is 1.56.